The molecule has 1 N–H and O–H groups in total. The average molecular weight is 353 g/mol. The summed E-state index contributed by atoms with van der Waals surface area (Å²) in [6, 6.07) is 1.98. The minimum atomic E-state index is 0.787. The molecule has 136 valence electrons. The Morgan fingerprint density at radius 1 is 1.08 bits per heavy atom. The number of hydrogen-bond donors (Lipinski definition) is 1. The van der Waals surface area contributed by atoms with Crippen molar-refractivity contribution in [1.82, 2.24) is 29.7 Å². The molecule has 0 radical (unpaired) electrons. The van der Waals surface area contributed by atoms with Gasteiger partial charge in [-0.05, 0) is 13.8 Å². The second-order valence-electron chi connectivity index (χ2n) is 6.40. The quantitative estimate of drug-likeness (QED) is 0.749. The van der Waals surface area contributed by atoms with Crippen LogP contribution in [0.1, 0.15) is 12.6 Å². The van der Waals surface area contributed by atoms with E-state index in [4.69, 9.17) is 0 Å². The number of aryl methyl sites for hydroxylation is 2. The lowest BCUT2D eigenvalue weighted by atomic mass is 10.3. The first kappa shape index (κ1) is 16.5. The average Bonchev–Trinajstić information content (AvgIpc) is 3.03. The first-order chi connectivity index (χ1) is 12.7. The zero-order valence-electron chi connectivity index (χ0n) is 15.3. The first-order valence-electron chi connectivity index (χ1n) is 8.88. The molecule has 0 amide bonds. The number of nitrogens with zero attached hydrogens (tertiary/aromatic N) is 8. The van der Waals surface area contributed by atoms with E-state index in [1.165, 1.54) is 0 Å². The van der Waals surface area contributed by atoms with Gasteiger partial charge in [0.1, 0.15) is 18.0 Å². The highest BCUT2D eigenvalue weighted by Crippen LogP contribution is 2.24. The van der Waals surface area contributed by atoms with Gasteiger partial charge in [-0.2, -0.15) is 10.1 Å². The van der Waals surface area contributed by atoms with Crippen molar-refractivity contribution < 1.29 is 0 Å². The maximum Gasteiger partial charge on any atom is 0.227 e. The molecule has 0 aromatic carbocycles. The van der Waals surface area contributed by atoms with Gasteiger partial charge in [0, 0.05) is 51.5 Å². The summed E-state index contributed by atoms with van der Waals surface area (Å²) in [5.41, 5.74) is 1.83. The van der Waals surface area contributed by atoms with Gasteiger partial charge in [-0.25, -0.2) is 15.0 Å². The fraction of sp³-hybridized carbons (Fsp3) is 0.471. The maximum atomic E-state index is 4.64. The van der Waals surface area contributed by atoms with E-state index in [2.05, 4.69) is 47.1 Å². The predicted molar refractivity (Wildman–Crippen MR) is 102 cm³/mol. The SMILES string of the molecule is CCNc1cc(C)nc(N2CCN(c3ncnc4c3cnn4C)CC2)n1. The second kappa shape index (κ2) is 6.74. The van der Waals surface area contributed by atoms with Gasteiger partial charge in [-0.1, -0.05) is 0 Å². The molecule has 1 aliphatic heterocycles. The molecule has 1 fully saturated rings. The highest BCUT2D eigenvalue weighted by atomic mass is 15.3. The lowest BCUT2D eigenvalue weighted by Gasteiger charge is -2.35. The Balaban J connectivity index is 1.52. The van der Waals surface area contributed by atoms with E-state index in [-0.39, 0.29) is 0 Å². The molecule has 0 bridgehead atoms. The summed E-state index contributed by atoms with van der Waals surface area (Å²) in [4.78, 5) is 22.6. The van der Waals surface area contributed by atoms with E-state index < -0.39 is 0 Å². The van der Waals surface area contributed by atoms with Crippen LogP contribution in [0.3, 0.4) is 0 Å². The number of fused-ring (bicyclic) bond motifs is 1. The van der Waals surface area contributed by atoms with E-state index >= 15 is 0 Å². The lowest BCUT2D eigenvalue weighted by molar-refractivity contribution is 0.635. The molecule has 9 heteroatoms. The highest BCUT2D eigenvalue weighted by molar-refractivity contribution is 5.86. The monoisotopic (exact) mass is 353 g/mol. The minimum Gasteiger partial charge on any atom is -0.370 e. The standard InChI is InChI=1S/C17H23N9/c1-4-18-14-9-12(2)22-17(23-14)26-7-5-25(6-8-26)16-13-10-21-24(3)15(13)19-11-20-16/h9-11H,4-8H2,1-3H3,(H,18,22,23). The summed E-state index contributed by atoms with van der Waals surface area (Å²) in [6.45, 7) is 8.32. The molecule has 26 heavy (non-hydrogen) atoms. The van der Waals surface area contributed by atoms with Gasteiger partial charge in [0.05, 0.1) is 11.6 Å². The Bertz CT molecular complexity index is 912. The Morgan fingerprint density at radius 2 is 1.85 bits per heavy atom. The summed E-state index contributed by atoms with van der Waals surface area (Å²) in [5, 5.41) is 8.56. The van der Waals surface area contributed by atoms with Crippen molar-refractivity contribution in [3.05, 3.63) is 24.3 Å². The van der Waals surface area contributed by atoms with Crippen LogP contribution in [-0.2, 0) is 7.05 Å². The largest absolute Gasteiger partial charge is 0.370 e. The summed E-state index contributed by atoms with van der Waals surface area (Å²) < 4.78 is 1.78. The lowest BCUT2D eigenvalue weighted by Crippen LogP contribution is -2.47. The maximum absolute atomic E-state index is 4.64. The third-order valence-electron chi connectivity index (χ3n) is 4.57. The van der Waals surface area contributed by atoms with Crippen molar-refractivity contribution in [2.75, 3.05) is 47.8 Å². The molecule has 3 aromatic rings. The third kappa shape index (κ3) is 3.00. The van der Waals surface area contributed by atoms with E-state index in [0.29, 0.717) is 0 Å². The smallest absolute Gasteiger partial charge is 0.227 e. The summed E-state index contributed by atoms with van der Waals surface area (Å²) >= 11 is 0. The minimum absolute atomic E-state index is 0.787. The zero-order chi connectivity index (χ0) is 18.1. The molecular weight excluding hydrogens is 330 g/mol. The summed E-state index contributed by atoms with van der Waals surface area (Å²) in [7, 11) is 1.90. The molecule has 9 nitrogen and oxygen atoms in total. The van der Waals surface area contributed by atoms with Crippen LogP contribution in [0, 0.1) is 6.92 Å². The van der Waals surface area contributed by atoms with E-state index in [0.717, 1.165) is 67.0 Å². The number of hydrogen-bond acceptors (Lipinski definition) is 8. The predicted octanol–water partition coefficient (Wildman–Crippen LogP) is 1.22. The molecule has 0 atom stereocenters. The van der Waals surface area contributed by atoms with Crippen LogP contribution in [0.25, 0.3) is 11.0 Å². The van der Waals surface area contributed by atoms with Gasteiger partial charge in [0.15, 0.2) is 5.65 Å². The van der Waals surface area contributed by atoms with Crippen molar-refractivity contribution in [1.29, 1.82) is 0 Å². The third-order valence-corrected chi connectivity index (χ3v) is 4.57. The van der Waals surface area contributed by atoms with Crippen LogP contribution >= 0.6 is 0 Å². The van der Waals surface area contributed by atoms with Gasteiger partial charge < -0.3 is 15.1 Å². The number of nitrogens with one attached hydrogen (secondary N) is 1. The van der Waals surface area contributed by atoms with Gasteiger partial charge in [0.25, 0.3) is 0 Å². The molecule has 0 saturated carbocycles. The van der Waals surface area contributed by atoms with E-state index in [9.17, 15) is 0 Å². The molecular formula is C17H23N9. The molecule has 0 spiro atoms. The van der Waals surface area contributed by atoms with Gasteiger partial charge in [-0.15, -0.1) is 0 Å². The summed E-state index contributed by atoms with van der Waals surface area (Å²) in [5.74, 6) is 2.61. The summed E-state index contributed by atoms with van der Waals surface area (Å²) in [6.07, 6.45) is 3.45. The Kier molecular flexibility index (Phi) is 4.27. The molecule has 4 heterocycles. The normalized spacial score (nSPS) is 14.9. The van der Waals surface area contributed by atoms with Crippen LogP contribution < -0.4 is 15.1 Å². The van der Waals surface area contributed by atoms with Crippen molar-refractivity contribution >= 4 is 28.6 Å². The second-order valence-corrected chi connectivity index (χ2v) is 6.40. The molecule has 1 aliphatic rings. The molecule has 1 saturated heterocycles. The number of rotatable bonds is 4. The van der Waals surface area contributed by atoms with Crippen LogP contribution in [0.15, 0.2) is 18.6 Å². The molecule has 0 unspecified atom stereocenters. The number of piperazine rings is 1. The van der Waals surface area contributed by atoms with Crippen molar-refractivity contribution in [3.8, 4) is 0 Å². The zero-order valence-corrected chi connectivity index (χ0v) is 15.3. The van der Waals surface area contributed by atoms with Gasteiger partial charge >= 0.3 is 0 Å². The van der Waals surface area contributed by atoms with Crippen LogP contribution in [0.2, 0.25) is 0 Å². The van der Waals surface area contributed by atoms with Crippen molar-refractivity contribution in [3.63, 3.8) is 0 Å². The first-order valence-corrected chi connectivity index (χ1v) is 8.88. The van der Waals surface area contributed by atoms with Crippen LogP contribution in [0.5, 0.6) is 0 Å². The van der Waals surface area contributed by atoms with Gasteiger partial charge in [-0.3, -0.25) is 4.68 Å². The van der Waals surface area contributed by atoms with Crippen molar-refractivity contribution in [2.45, 2.75) is 13.8 Å². The molecule has 0 aliphatic carbocycles. The molecule has 3 aromatic heterocycles. The van der Waals surface area contributed by atoms with Crippen LogP contribution in [-0.4, -0.2) is 62.4 Å². The van der Waals surface area contributed by atoms with Crippen LogP contribution in [0.4, 0.5) is 17.6 Å². The number of aromatic nitrogens is 6. The Morgan fingerprint density at radius 3 is 2.62 bits per heavy atom. The highest BCUT2D eigenvalue weighted by Gasteiger charge is 2.22. The fourth-order valence-corrected chi connectivity index (χ4v) is 3.29. The van der Waals surface area contributed by atoms with Gasteiger partial charge in [0.2, 0.25) is 5.95 Å². The number of anilines is 3. The topological polar surface area (TPSA) is 87.9 Å². The Labute approximate surface area is 152 Å². The Hall–Kier alpha value is -2.97. The van der Waals surface area contributed by atoms with E-state index in [1.54, 1.807) is 11.0 Å². The van der Waals surface area contributed by atoms with Crippen molar-refractivity contribution in [2.24, 2.45) is 7.05 Å². The molecule has 4 rings (SSSR count). The fourth-order valence-electron chi connectivity index (χ4n) is 3.29. The van der Waals surface area contributed by atoms with E-state index in [1.807, 2.05) is 26.2 Å².